The Labute approximate surface area is 114 Å². The van der Waals surface area contributed by atoms with Gasteiger partial charge < -0.3 is 5.11 Å². The number of carbonyl (C=O) groups excluding carboxylic acids is 1. The van der Waals surface area contributed by atoms with E-state index in [0.717, 1.165) is 5.56 Å². The van der Waals surface area contributed by atoms with Gasteiger partial charge in [0.2, 0.25) is 0 Å². The van der Waals surface area contributed by atoms with Crippen molar-refractivity contribution in [2.45, 2.75) is 0 Å². The molecule has 0 amide bonds. The summed E-state index contributed by atoms with van der Waals surface area (Å²) in [4.78, 5) is 11.8. The summed E-state index contributed by atoms with van der Waals surface area (Å²) in [6.45, 7) is 0. The van der Waals surface area contributed by atoms with Crippen molar-refractivity contribution in [2.75, 3.05) is 0 Å². The number of phenols is 1. The predicted octanol–water partition coefficient (Wildman–Crippen LogP) is 4.05. The minimum Gasteiger partial charge on any atom is -0.507 e. The van der Waals surface area contributed by atoms with Crippen LogP contribution in [-0.2, 0) is 0 Å². The van der Waals surface area contributed by atoms with Gasteiger partial charge in [-0.2, -0.15) is 0 Å². The van der Waals surface area contributed by atoms with Crippen LogP contribution in [0.4, 0.5) is 0 Å². The molecule has 0 aliphatic rings. The third-order valence-corrected chi connectivity index (χ3v) is 3.09. The number of phenolic OH excluding ortho intramolecular Hbond substituents is 1. The van der Waals surface area contributed by atoms with E-state index in [1.165, 1.54) is 6.08 Å². The topological polar surface area (TPSA) is 37.3 Å². The van der Waals surface area contributed by atoms with Crippen LogP contribution in [0.15, 0.2) is 59.1 Å². The van der Waals surface area contributed by atoms with Gasteiger partial charge in [0, 0.05) is 5.56 Å². The molecule has 2 aromatic carbocycles. The molecule has 0 aliphatic carbocycles. The second-order valence-electron chi connectivity index (χ2n) is 3.77. The quantitative estimate of drug-likeness (QED) is 0.686. The lowest BCUT2D eigenvalue weighted by Crippen LogP contribution is -1.92. The monoisotopic (exact) mass is 302 g/mol. The molecule has 1 N–H and O–H groups in total. The minimum absolute atomic E-state index is 0.0419. The number of halogens is 1. The molecule has 2 rings (SSSR count). The molecular formula is C15H11BrO2. The third kappa shape index (κ3) is 3.08. The van der Waals surface area contributed by atoms with Crippen molar-refractivity contribution < 1.29 is 9.90 Å². The maximum absolute atomic E-state index is 11.8. The first-order valence-electron chi connectivity index (χ1n) is 5.43. The number of hydrogen-bond donors (Lipinski definition) is 1. The number of rotatable bonds is 3. The van der Waals surface area contributed by atoms with E-state index in [4.69, 9.17) is 0 Å². The van der Waals surface area contributed by atoms with Gasteiger partial charge >= 0.3 is 0 Å². The standard InChI is InChI=1S/C15H11BrO2/c16-13-10-11(7-9-15(13)18)6-8-14(17)12-4-2-1-3-5-12/h1-10,18H/b8-6+. The van der Waals surface area contributed by atoms with Crippen molar-refractivity contribution in [2.24, 2.45) is 0 Å². The van der Waals surface area contributed by atoms with E-state index >= 15 is 0 Å². The van der Waals surface area contributed by atoms with Crippen LogP contribution in [0.3, 0.4) is 0 Å². The first kappa shape index (κ1) is 12.6. The second kappa shape index (κ2) is 5.65. The summed E-state index contributed by atoms with van der Waals surface area (Å²) < 4.78 is 0.608. The Hall–Kier alpha value is -1.87. The summed E-state index contributed by atoms with van der Waals surface area (Å²) in [6, 6.07) is 14.2. The summed E-state index contributed by atoms with van der Waals surface area (Å²) in [7, 11) is 0. The van der Waals surface area contributed by atoms with E-state index in [9.17, 15) is 9.90 Å². The highest BCUT2D eigenvalue weighted by atomic mass is 79.9. The van der Waals surface area contributed by atoms with Crippen molar-refractivity contribution in [3.8, 4) is 5.75 Å². The SMILES string of the molecule is O=C(/C=C/c1ccc(O)c(Br)c1)c1ccccc1. The molecule has 0 unspecified atom stereocenters. The molecule has 90 valence electrons. The predicted molar refractivity (Wildman–Crippen MR) is 75.6 cm³/mol. The Morgan fingerprint density at radius 2 is 1.83 bits per heavy atom. The number of benzene rings is 2. The number of allylic oxidation sites excluding steroid dienone is 1. The molecule has 0 heterocycles. The van der Waals surface area contributed by atoms with Gasteiger partial charge in [-0.1, -0.05) is 42.5 Å². The molecule has 0 aromatic heterocycles. The first-order valence-corrected chi connectivity index (χ1v) is 6.22. The fourth-order valence-electron chi connectivity index (χ4n) is 1.50. The Morgan fingerprint density at radius 3 is 2.50 bits per heavy atom. The second-order valence-corrected chi connectivity index (χ2v) is 4.63. The Kier molecular flexibility index (Phi) is 3.95. The van der Waals surface area contributed by atoms with Crippen LogP contribution in [0, 0.1) is 0 Å². The fourth-order valence-corrected chi connectivity index (χ4v) is 1.89. The van der Waals surface area contributed by atoms with Crippen LogP contribution in [0.5, 0.6) is 5.75 Å². The Morgan fingerprint density at radius 1 is 1.11 bits per heavy atom. The Balaban J connectivity index is 2.16. The summed E-state index contributed by atoms with van der Waals surface area (Å²) in [6.07, 6.45) is 3.24. The lowest BCUT2D eigenvalue weighted by atomic mass is 10.1. The normalized spacial score (nSPS) is 10.7. The smallest absolute Gasteiger partial charge is 0.185 e. The lowest BCUT2D eigenvalue weighted by Gasteiger charge is -1.98. The van der Waals surface area contributed by atoms with Crippen molar-refractivity contribution in [1.82, 2.24) is 0 Å². The van der Waals surface area contributed by atoms with Crippen LogP contribution in [0.1, 0.15) is 15.9 Å². The highest BCUT2D eigenvalue weighted by Crippen LogP contribution is 2.24. The zero-order valence-corrected chi connectivity index (χ0v) is 11.1. The summed E-state index contributed by atoms with van der Waals surface area (Å²) in [5.74, 6) is 0.140. The molecule has 3 heteroatoms. The average molecular weight is 303 g/mol. The van der Waals surface area contributed by atoms with Crippen LogP contribution in [0.2, 0.25) is 0 Å². The van der Waals surface area contributed by atoms with Crippen LogP contribution >= 0.6 is 15.9 Å². The van der Waals surface area contributed by atoms with Gasteiger partial charge in [-0.25, -0.2) is 0 Å². The maximum Gasteiger partial charge on any atom is 0.185 e. The van der Waals surface area contributed by atoms with Crippen LogP contribution < -0.4 is 0 Å². The summed E-state index contributed by atoms with van der Waals surface area (Å²) >= 11 is 3.23. The molecule has 0 bridgehead atoms. The minimum atomic E-state index is -0.0419. The molecule has 0 aliphatic heterocycles. The first-order chi connectivity index (χ1) is 8.66. The third-order valence-electron chi connectivity index (χ3n) is 2.46. The van der Waals surface area contributed by atoms with Gasteiger partial charge in [0.1, 0.15) is 5.75 Å². The van der Waals surface area contributed by atoms with Gasteiger partial charge in [0.25, 0.3) is 0 Å². The van der Waals surface area contributed by atoms with Gasteiger partial charge in [-0.15, -0.1) is 0 Å². The van der Waals surface area contributed by atoms with E-state index in [2.05, 4.69) is 15.9 Å². The largest absolute Gasteiger partial charge is 0.507 e. The number of hydrogen-bond acceptors (Lipinski definition) is 2. The molecule has 0 saturated carbocycles. The van der Waals surface area contributed by atoms with E-state index < -0.39 is 0 Å². The Bertz CT molecular complexity index is 589. The zero-order chi connectivity index (χ0) is 13.0. The van der Waals surface area contributed by atoms with E-state index in [1.54, 1.807) is 36.4 Å². The maximum atomic E-state index is 11.8. The van der Waals surface area contributed by atoms with Gasteiger partial charge in [0.15, 0.2) is 5.78 Å². The lowest BCUT2D eigenvalue weighted by molar-refractivity contribution is 0.104. The van der Waals surface area contributed by atoms with E-state index in [0.29, 0.717) is 10.0 Å². The molecular weight excluding hydrogens is 292 g/mol. The van der Waals surface area contributed by atoms with Gasteiger partial charge in [-0.3, -0.25) is 4.79 Å². The molecule has 0 atom stereocenters. The summed E-state index contributed by atoms with van der Waals surface area (Å²) in [5, 5.41) is 9.36. The number of aromatic hydroxyl groups is 1. The van der Waals surface area contributed by atoms with Crippen molar-refractivity contribution in [1.29, 1.82) is 0 Å². The fraction of sp³-hybridized carbons (Fsp3) is 0. The van der Waals surface area contributed by atoms with Crippen LogP contribution in [0.25, 0.3) is 6.08 Å². The zero-order valence-electron chi connectivity index (χ0n) is 9.51. The highest BCUT2D eigenvalue weighted by Gasteiger charge is 2.00. The summed E-state index contributed by atoms with van der Waals surface area (Å²) in [5.41, 5.74) is 1.51. The van der Waals surface area contributed by atoms with Crippen molar-refractivity contribution in [3.05, 3.63) is 70.2 Å². The average Bonchev–Trinajstić information content (AvgIpc) is 2.41. The highest BCUT2D eigenvalue weighted by molar-refractivity contribution is 9.10. The molecule has 18 heavy (non-hydrogen) atoms. The van der Waals surface area contributed by atoms with E-state index in [-0.39, 0.29) is 11.5 Å². The van der Waals surface area contributed by atoms with Crippen molar-refractivity contribution >= 4 is 27.8 Å². The number of ketones is 1. The molecule has 2 nitrogen and oxygen atoms in total. The molecule has 0 fully saturated rings. The van der Waals surface area contributed by atoms with E-state index in [1.807, 2.05) is 18.2 Å². The molecule has 0 saturated heterocycles. The molecule has 0 spiro atoms. The van der Waals surface area contributed by atoms with Gasteiger partial charge in [0.05, 0.1) is 4.47 Å². The van der Waals surface area contributed by atoms with Crippen LogP contribution in [-0.4, -0.2) is 10.9 Å². The van der Waals surface area contributed by atoms with Crippen molar-refractivity contribution in [3.63, 3.8) is 0 Å². The molecule has 0 radical (unpaired) electrons. The molecule has 2 aromatic rings. The number of carbonyl (C=O) groups is 1. The van der Waals surface area contributed by atoms with Gasteiger partial charge in [-0.05, 0) is 39.7 Å².